The quantitative estimate of drug-likeness (QED) is 0.0272. The van der Waals surface area contributed by atoms with Gasteiger partial charge in [-0.3, -0.25) is 62.3 Å². The number of rotatable bonds is 33. The molecule has 65 heavy (non-hydrogen) atoms. The van der Waals surface area contributed by atoms with Gasteiger partial charge in [0, 0.05) is 31.4 Å². The van der Waals surface area contributed by atoms with Crippen LogP contribution in [0.15, 0.2) is 0 Å². The van der Waals surface area contributed by atoms with Gasteiger partial charge in [0.15, 0.2) is 0 Å². The SMILES string of the molecule is NC(=O)CC[C@H](NC(=O)[C@H](CC(=O)O)NC(=O)[C@H](CCC(N)=O)NC(=O)[C@H](CC(=O)O)NC(=O)[C@H](CS)NC(=O)[C@H](CO)NC(=O)[C@H](CCC(N)=O)NC(=O)[C@@H](N)CCC(=O)O)C(=O)O. The summed E-state index contributed by atoms with van der Waals surface area (Å²) in [4.78, 5) is 172. The third-order valence-electron chi connectivity index (χ3n) is 8.58. The zero-order valence-electron chi connectivity index (χ0n) is 34.3. The molecule has 20 N–H and O–H groups in total. The molecule has 0 unspecified atom stereocenters. The number of thiol groups is 1. The number of hydrogen-bond acceptors (Lipinski definition) is 17. The van der Waals surface area contributed by atoms with Crippen molar-refractivity contribution in [1.82, 2.24) is 37.2 Å². The van der Waals surface area contributed by atoms with E-state index in [2.05, 4.69) is 28.6 Å². The molecular formula is C34H53N11O19S. The Morgan fingerprint density at radius 2 is 0.708 bits per heavy atom. The molecule has 0 bridgehead atoms. The average molecular weight is 952 g/mol. The summed E-state index contributed by atoms with van der Waals surface area (Å²) in [5, 5.41) is 61.3. The molecule has 0 heterocycles. The van der Waals surface area contributed by atoms with Gasteiger partial charge in [-0.15, -0.1) is 0 Å². The minimum absolute atomic E-state index is 0.351. The van der Waals surface area contributed by atoms with Crippen molar-refractivity contribution in [1.29, 1.82) is 0 Å². The summed E-state index contributed by atoms with van der Waals surface area (Å²) in [7, 11) is 0. The van der Waals surface area contributed by atoms with Crippen LogP contribution in [0.25, 0.3) is 0 Å². The molecule has 0 radical (unpaired) electrons. The van der Waals surface area contributed by atoms with E-state index in [0.717, 1.165) is 0 Å². The van der Waals surface area contributed by atoms with E-state index in [1.807, 2.05) is 21.3 Å². The summed E-state index contributed by atoms with van der Waals surface area (Å²) in [6.45, 7) is -1.16. The summed E-state index contributed by atoms with van der Waals surface area (Å²) in [6.07, 6.45) is -6.59. The monoisotopic (exact) mass is 951 g/mol. The maximum absolute atomic E-state index is 13.4. The van der Waals surface area contributed by atoms with Gasteiger partial charge in [-0.25, -0.2) is 4.79 Å². The Labute approximate surface area is 372 Å². The van der Waals surface area contributed by atoms with Gasteiger partial charge in [-0.05, 0) is 25.7 Å². The second-order valence-corrected chi connectivity index (χ2v) is 14.2. The lowest BCUT2D eigenvalue weighted by Crippen LogP contribution is -2.61. The van der Waals surface area contributed by atoms with E-state index in [4.69, 9.17) is 28.0 Å². The highest BCUT2D eigenvalue weighted by atomic mass is 32.1. The van der Waals surface area contributed by atoms with Gasteiger partial charge < -0.3 is 85.7 Å². The Bertz CT molecular complexity index is 1820. The number of aliphatic hydroxyl groups is 1. The van der Waals surface area contributed by atoms with Crippen molar-refractivity contribution in [2.45, 2.75) is 113 Å². The third-order valence-corrected chi connectivity index (χ3v) is 8.94. The smallest absolute Gasteiger partial charge is 0.326 e. The molecule has 0 saturated heterocycles. The number of aliphatic hydroxyl groups excluding tert-OH is 1. The van der Waals surface area contributed by atoms with Crippen molar-refractivity contribution in [3.05, 3.63) is 0 Å². The summed E-state index contributed by atoms with van der Waals surface area (Å²) in [6, 6.07) is -14.6. The van der Waals surface area contributed by atoms with Crippen LogP contribution in [0.5, 0.6) is 0 Å². The number of nitrogens with two attached hydrogens (primary N) is 4. The minimum atomic E-state index is -2.10. The Hall–Kier alpha value is -7.15. The lowest BCUT2D eigenvalue weighted by molar-refractivity contribution is -0.144. The molecule has 31 heteroatoms. The van der Waals surface area contributed by atoms with Crippen LogP contribution in [0, 0.1) is 0 Å². The molecule has 0 aromatic heterocycles. The molecule has 0 aliphatic carbocycles. The Morgan fingerprint density at radius 1 is 0.400 bits per heavy atom. The van der Waals surface area contributed by atoms with Crippen LogP contribution >= 0.6 is 12.6 Å². The largest absolute Gasteiger partial charge is 0.481 e. The van der Waals surface area contributed by atoms with Crippen molar-refractivity contribution < 1.29 is 92.7 Å². The van der Waals surface area contributed by atoms with Crippen molar-refractivity contribution in [3.8, 4) is 0 Å². The zero-order valence-corrected chi connectivity index (χ0v) is 35.2. The molecular weight excluding hydrogens is 898 g/mol. The highest BCUT2D eigenvalue weighted by Crippen LogP contribution is 2.07. The number of carbonyl (C=O) groups excluding carboxylic acids is 10. The summed E-state index contributed by atoms with van der Waals surface area (Å²) >= 11 is 3.95. The van der Waals surface area contributed by atoms with Crippen molar-refractivity contribution >= 4 is 95.6 Å². The van der Waals surface area contributed by atoms with E-state index in [0.29, 0.717) is 0 Å². The maximum atomic E-state index is 13.4. The normalized spacial score (nSPS) is 14.4. The fraction of sp³-hybridized carbons (Fsp3) is 0.588. The van der Waals surface area contributed by atoms with Gasteiger partial charge in [0.25, 0.3) is 0 Å². The lowest BCUT2D eigenvalue weighted by Gasteiger charge is -2.26. The standard InChI is InChI=1S/C34H53N11O19S/c35-13(1-8-24(50)51)27(56)39-14(2-5-21(36)47)29(58)44-19(11-46)32(61)45-20(12-65)33(62)43-17(9-25(52)53)30(59)40-15(3-6-22(37)48)28(57)42-18(10-26(54)55)31(60)41-16(34(63)64)4-7-23(38)49/h13-20,46,65H,1-12,35H2,(H2,36,47)(H2,37,48)(H2,38,49)(H,39,56)(H,40,59)(H,41,60)(H,42,57)(H,43,62)(H,44,58)(H,45,61)(H,50,51)(H,52,53)(H,54,55)(H,63,64)/t13-,14-,15-,16-,17-,18-,19-,20-/m0/s1. The number of amides is 10. The van der Waals surface area contributed by atoms with Crippen LogP contribution < -0.4 is 60.2 Å². The number of carboxylic acid groups (broad SMARTS) is 4. The van der Waals surface area contributed by atoms with E-state index in [1.54, 1.807) is 0 Å². The first-order chi connectivity index (χ1) is 30.2. The Morgan fingerprint density at radius 3 is 1.06 bits per heavy atom. The fourth-order valence-electron chi connectivity index (χ4n) is 5.13. The van der Waals surface area contributed by atoms with Crippen LogP contribution in [0.3, 0.4) is 0 Å². The van der Waals surface area contributed by atoms with Gasteiger partial charge in [-0.1, -0.05) is 0 Å². The fourth-order valence-corrected chi connectivity index (χ4v) is 5.39. The molecule has 0 aliphatic heterocycles. The molecule has 0 aliphatic rings. The molecule has 0 aromatic carbocycles. The van der Waals surface area contributed by atoms with Crippen LogP contribution in [-0.4, -0.2) is 169 Å². The first-order valence-electron chi connectivity index (χ1n) is 19.1. The molecule has 0 aromatic rings. The second kappa shape index (κ2) is 29.3. The molecule has 0 rings (SSSR count). The zero-order chi connectivity index (χ0) is 50.1. The molecule has 30 nitrogen and oxygen atoms in total. The second-order valence-electron chi connectivity index (χ2n) is 13.9. The first-order valence-corrected chi connectivity index (χ1v) is 19.7. The Balaban J connectivity index is 6.27. The number of carboxylic acids is 4. The molecule has 0 saturated carbocycles. The molecule has 8 atom stereocenters. The van der Waals surface area contributed by atoms with Crippen LogP contribution in [0.2, 0.25) is 0 Å². The molecule has 0 spiro atoms. The van der Waals surface area contributed by atoms with Crippen molar-refractivity contribution in [2.24, 2.45) is 22.9 Å². The van der Waals surface area contributed by atoms with E-state index >= 15 is 0 Å². The van der Waals surface area contributed by atoms with Crippen LogP contribution in [-0.2, 0) is 67.1 Å². The Kier molecular flexibility index (Phi) is 26.0. The number of aliphatic carboxylic acids is 4. The number of primary amides is 3. The molecule has 10 amide bonds. The predicted octanol–water partition coefficient (Wildman–Crippen LogP) is -8.68. The van der Waals surface area contributed by atoms with Gasteiger partial charge in [0.05, 0.1) is 25.5 Å². The van der Waals surface area contributed by atoms with E-state index in [9.17, 15) is 87.5 Å². The highest BCUT2D eigenvalue weighted by molar-refractivity contribution is 7.80. The van der Waals surface area contributed by atoms with Gasteiger partial charge in [0.2, 0.25) is 59.1 Å². The summed E-state index contributed by atoms with van der Waals surface area (Å²) in [5.41, 5.74) is 21.0. The highest BCUT2D eigenvalue weighted by Gasteiger charge is 2.35. The molecule has 364 valence electrons. The number of hydrogen-bond donors (Lipinski definition) is 17. The van der Waals surface area contributed by atoms with Crippen molar-refractivity contribution in [3.63, 3.8) is 0 Å². The average Bonchev–Trinajstić information content (AvgIpc) is 3.20. The number of carbonyl (C=O) groups is 14. The topological polar surface area (TPSA) is 528 Å². The maximum Gasteiger partial charge on any atom is 0.326 e. The first kappa shape index (κ1) is 57.8. The van der Waals surface area contributed by atoms with Crippen LogP contribution in [0.1, 0.15) is 64.2 Å². The summed E-state index contributed by atoms with van der Waals surface area (Å²) in [5.74, 6) is -18.9. The van der Waals surface area contributed by atoms with E-state index < -0.39 is 201 Å². The number of nitrogens with one attached hydrogen (secondary N) is 7. The van der Waals surface area contributed by atoms with Gasteiger partial charge in [0.1, 0.15) is 42.3 Å². The lowest BCUT2D eigenvalue weighted by atomic mass is 10.1. The molecule has 0 fully saturated rings. The summed E-state index contributed by atoms with van der Waals surface area (Å²) < 4.78 is 0. The van der Waals surface area contributed by atoms with Gasteiger partial charge >= 0.3 is 23.9 Å². The van der Waals surface area contributed by atoms with E-state index in [1.165, 1.54) is 0 Å². The predicted molar refractivity (Wildman–Crippen MR) is 217 cm³/mol. The minimum Gasteiger partial charge on any atom is -0.481 e. The van der Waals surface area contributed by atoms with Crippen LogP contribution in [0.4, 0.5) is 0 Å². The third kappa shape index (κ3) is 23.8. The van der Waals surface area contributed by atoms with Crippen molar-refractivity contribution in [2.75, 3.05) is 12.4 Å². The van der Waals surface area contributed by atoms with E-state index in [-0.39, 0.29) is 6.42 Å². The van der Waals surface area contributed by atoms with Gasteiger partial charge in [-0.2, -0.15) is 12.6 Å².